The lowest BCUT2D eigenvalue weighted by molar-refractivity contribution is -0.140. The summed E-state index contributed by atoms with van der Waals surface area (Å²) < 4.78 is 48.0. The summed E-state index contributed by atoms with van der Waals surface area (Å²) in [5, 5.41) is 18.0. The lowest BCUT2D eigenvalue weighted by Crippen LogP contribution is -2.57. The van der Waals surface area contributed by atoms with E-state index in [-0.39, 0.29) is 114 Å². The van der Waals surface area contributed by atoms with Gasteiger partial charge in [-0.25, -0.2) is 23.5 Å². The van der Waals surface area contributed by atoms with E-state index in [1.165, 1.54) is 29.2 Å². The maximum Gasteiger partial charge on any atom is 0.312 e. The number of hydrogen-bond acceptors (Lipinski definition) is 14. The number of imidazole rings is 1. The van der Waals surface area contributed by atoms with Crippen molar-refractivity contribution in [2.45, 2.75) is 91.0 Å². The number of carbonyl (C=O) groups excluding carboxylic acids is 8. The molecule has 1 aromatic heterocycles. The quantitative estimate of drug-likeness (QED) is 0.0267. The number of anilines is 2. The zero-order valence-corrected chi connectivity index (χ0v) is 46.8. The number of nitrogens with zero attached hydrogens (tertiary/aromatic N) is 5. The Labute approximate surface area is 474 Å². The van der Waals surface area contributed by atoms with Gasteiger partial charge in [0.25, 0.3) is 17.7 Å². The molecule has 0 fully saturated rings. The highest BCUT2D eigenvalue weighted by Crippen LogP contribution is 2.40. The minimum atomic E-state index is -1.24. The third-order valence-electron chi connectivity index (χ3n) is 13.1. The highest BCUT2D eigenvalue weighted by molar-refractivity contribution is 6.28. The van der Waals surface area contributed by atoms with E-state index in [1.807, 2.05) is 51.1 Å². The van der Waals surface area contributed by atoms with Gasteiger partial charge in [-0.15, -0.1) is 0 Å². The van der Waals surface area contributed by atoms with Gasteiger partial charge in [0.1, 0.15) is 36.1 Å². The molecule has 0 radical (unpaired) electrons. The number of ether oxygens (including phenoxy) is 3. The van der Waals surface area contributed by atoms with Gasteiger partial charge in [-0.05, 0) is 78.6 Å². The van der Waals surface area contributed by atoms with Crippen molar-refractivity contribution in [1.82, 2.24) is 30.4 Å². The van der Waals surface area contributed by atoms with Gasteiger partial charge in [0.05, 0.1) is 63.1 Å². The molecule has 0 bridgehead atoms. The predicted octanol–water partition coefficient (Wildman–Crippen LogP) is 2.96. The van der Waals surface area contributed by atoms with Crippen LogP contribution in [-0.4, -0.2) is 151 Å². The molecule has 0 unspecified atom stereocenters. The fourth-order valence-electron chi connectivity index (χ4n) is 9.05. The minimum absolute atomic E-state index is 0.00143. The largest absolute Gasteiger partial charge is 0.387 e. The average Bonchev–Trinajstić information content (AvgIpc) is 4.22. The predicted molar refractivity (Wildman–Crippen MR) is 299 cm³/mol. The summed E-state index contributed by atoms with van der Waals surface area (Å²) in [6.45, 7) is 9.34. The Morgan fingerprint density at radius 1 is 0.805 bits per heavy atom. The fourth-order valence-corrected chi connectivity index (χ4v) is 9.05. The van der Waals surface area contributed by atoms with E-state index in [0.717, 1.165) is 45.7 Å². The molecule has 25 heteroatoms. The van der Waals surface area contributed by atoms with Crippen LogP contribution in [0.25, 0.3) is 11.3 Å². The van der Waals surface area contributed by atoms with Crippen molar-refractivity contribution in [2.24, 2.45) is 28.5 Å². The summed E-state index contributed by atoms with van der Waals surface area (Å²) in [7, 11) is 0. The van der Waals surface area contributed by atoms with Crippen LogP contribution in [0.15, 0.2) is 91.1 Å². The number of halogens is 2. The second-order valence-corrected chi connectivity index (χ2v) is 20.7. The molecule has 23 nitrogen and oxygen atoms in total. The van der Waals surface area contributed by atoms with Crippen LogP contribution in [0.1, 0.15) is 77.7 Å². The van der Waals surface area contributed by atoms with Crippen LogP contribution in [0.5, 0.6) is 0 Å². The molecule has 0 aliphatic carbocycles. The molecule has 4 atom stereocenters. The molecule has 0 spiro atoms. The molecule has 3 aromatic carbocycles. The molecule has 0 saturated heterocycles. The van der Waals surface area contributed by atoms with E-state index in [4.69, 9.17) is 36.4 Å². The van der Waals surface area contributed by atoms with E-state index in [0.29, 0.717) is 5.82 Å². The molecule has 2 heterocycles. The monoisotopic (exact) mass is 1140 g/mol. The van der Waals surface area contributed by atoms with Crippen LogP contribution in [0.4, 0.5) is 25.0 Å². The first kappa shape index (κ1) is 64.8. The first-order valence-electron chi connectivity index (χ1n) is 26.9. The maximum atomic E-state index is 15.1. The Morgan fingerprint density at radius 2 is 1.44 bits per heavy atom. The number of aliphatic hydroxyl groups excluding tert-OH is 1. The Bertz CT molecular complexity index is 2850. The van der Waals surface area contributed by atoms with Gasteiger partial charge in [-0.3, -0.25) is 38.5 Å². The van der Waals surface area contributed by atoms with Crippen LogP contribution in [0.3, 0.4) is 0 Å². The summed E-state index contributed by atoms with van der Waals surface area (Å²) in [5.74, 6) is -5.76. The van der Waals surface area contributed by atoms with E-state index in [1.54, 1.807) is 24.6 Å². The zero-order valence-electron chi connectivity index (χ0n) is 46.8. The van der Waals surface area contributed by atoms with Crippen LogP contribution < -0.4 is 43.0 Å². The second-order valence-electron chi connectivity index (χ2n) is 20.7. The number of urea groups is 1. The first-order chi connectivity index (χ1) is 39.0. The van der Waals surface area contributed by atoms with Crippen LogP contribution in [0.2, 0.25) is 0 Å². The summed E-state index contributed by atoms with van der Waals surface area (Å²) in [6.07, 6.45) is 3.93. The van der Waals surface area contributed by atoms with Crippen LogP contribution in [0, 0.1) is 23.0 Å². The normalized spacial score (nSPS) is 13.9. The molecule has 1 aliphatic rings. The number of rotatable bonds is 33. The first-order valence-corrected chi connectivity index (χ1v) is 26.9. The van der Waals surface area contributed by atoms with E-state index >= 15 is 4.39 Å². The molecule has 4 aromatic rings. The Morgan fingerprint density at radius 3 is 2.04 bits per heavy atom. The van der Waals surface area contributed by atoms with Crippen molar-refractivity contribution in [3.05, 3.63) is 114 Å². The standard InChI is InChI=1S/C57H75F2N11O12/c1-36(2)50(55(78)69(45(52(61)76)12-9-23-64-56(62)79)39-14-16-40(17-15-39)70-47(73)19-20-48(70)74)66-46(72)22-26-80-28-30-82-31-29-81-27-24-63-54(77)43(60)21-25-68(49(75)35-71)51(57(3,4)5)53-65-44(41-32-38(58)13-18-42(41)59)34-67(53)33-37-10-7-6-8-11-37/h6-8,10-11,13-20,32,34,36,43,45,50-51,71H,9,12,21-31,33,35,60H2,1-5H3,(H2,61,76)(H,63,77)(H,66,72)(H3,62,64,79)/t43-,45-,50-,51-/m0/s1. The van der Waals surface area contributed by atoms with Gasteiger partial charge in [0, 0.05) is 62.2 Å². The average molecular weight is 1140 g/mol. The van der Waals surface area contributed by atoms with E-state index in [2.05, 4.69) is 16.0 Å². The molecule has 444 valence electrons. The summed E-state index contributed by atoms with van der Waals surface area (Å²) in [4.78, 5) is 111. The topological polar surface area (TPSA) is 326 Å². The lowest BCUT2D eigenvalue weighted by Gasteiger charge is -2.40. The highest BCUT2D eigenvalue weighted by atomic mass is 19.1. The number of carbonyl (C=O) groups is 8. The van der Waals surface area contributed by atoms with Gasteiger partial charge in [-0.1, -0.05) is 65.0 Å². The number of nitrogens with one attached hydrogen (secondary N) is 3. The number of aromatic nitrogens is 2. The summed E-state index contributed by atoms with van der Waals surface area (Å²) in [6, 6.07) is 13.2. The van der Waals surface area contributed by atoms with E-state index in [9.17, 15) is 47.9 Å². The SMILES string of the molecule is CC(C)[C@H](NC(=O)CCOCCOCCOCCNC(=O)[C@@H](N)CCN(C(=O)CO)[C@@H](c1nc(-c2cc(F)ccc2F)cn1Cc1ccccc1)C(C)(C)C)C(=O)N(c1ccc(N2C(=O)C=CC2=O)cc1)[C@@H](CCCNC(N)=O)C(N)=O. The third kappa shape index (κ3) is 18.8. The number of aliphatic hydroxyl groups is 1. The number of nitrogens with two attached hydrogens (primary N) is 3. The molecule has 5 rings (SSSR count). The number of primary amides is 2. The van der Waals surface area contributed by atoms with Gasteiger partial charge in [0.15, 0.2) is 0 Å². The summed E-state index contributed by atoms with van der Waals surface area (Å²) >= 11 is 0. The number of benzene rings is 3. The van der Waals surface area contributed by atoms with Crippen molar-refractivity contribution < 1.29 is 66.5 Å². The third-order valence-corrected chi connectivity index (χ3v) is 13.1. The van der Waals surface area contributed by atoms with Crippen molar-refractivity contribution in [1.29, 1.82) is 0 Å². The van der Waals surface area contributed by atoms with Crippen LogP contribution >= 0.6 is 0 Å². The maximum absolute atomic E-state index is 15.1. The van der Waals surface area contributed by atoms with Crippen molar-refractivity contribution in [2.75, 3.05) is 75.7 Å². The Kier molecular flexibility index (Phi) is 24.8. The highest BCUT2D eigenvalue weighted by Gasteiger charge is 2.40. The summed E-state index contributed by atoms with van der Waals surface area (Å²) in [5.41, 5.74) is 18.0. The number of imide groups is 1. The second kappa shape index (κ2) is 31.3. The molecular formula is C57H75F2N11O12. The molecule has 0 saturated carbocycles. The lowest BCUT2D eigenvalue weighted by atomic mass is 9.84. The van der Waals surface area contributed by atoms with Gasteiger partial charge < -0.3 is 61.9 Å². The molecule has 1 aliphatic heterocycles. The van der Waals surface area contributed by atoms with Gasteiger partial charge in [0.2, 0.25) is 23.6 Å². The number of hydrogen-bond donors (Lipinski definition) is 7. The fraction of sp³-hybridized carbons (Fsp3) is 0.456. The molecule has 9 amide bonds. The van der Waals surface area contributed by atoms with Gasteiger partial charge in [-0.2, -0.15) is 0 Å². The van der Waals surface area contributed by atoms with Crippen molar-refractivity contribution in [3.8, 4) is 11.3 Å². The smallest absolute Gasteiger partial charge is 0.312 e. The van der Waals surface area contributed by atoms with Gasteiger partial charge >= 0.3 is 6.03 Å². The number of amides is 9. The molecular weight excluding hydrogens is 1070 g/mol. The van der Waals surface area contributed by atoms with Crippen LogP contribution in [-0.2, 0) is 54.3 Å². The zero-order chi connectivity index (χ0) is 60.1. The van der Waals surface area contributed by atoms with Crippen molar-refractivity contribution >= 4 is 58.8 Å². The minimum Gasteiger partial charge on any atom is -0.387 e. The van der Waals surface area contributed by atoms with Crippen molar-refractivity contribution in [3.63, 3.8) is 0 Å². The Balaban J connectivity index is 1.05. The molecule has 82 heavy (non-hydrogen) atoms. The molecule has 10 N–H and O–H groups in total. The van der Waals surface area contributed by atoms with E-state index < -0.39 is 101 Å². The Hall–Kier alpha value is -7.97.